The number of benzene rings is 1. The maximum Gasteiger partial charge on any atom is 0.287 e. The number of rotatable bonds is 4. The average Bonchev–Trinajstić information content (AvgIpc) is 3.28. The molecule has 3 heterocycles. The van der Waals surface area contributed by atoms with Crippen molar-refractivity contribution in [3.63, 3.8) is 0 Å². The topological polar surface area (TPSA) is 45.5 Å². The van der Waals surface area contributed by atoms with Gasteiger partial charge < -0.3 is 9.73 Å². The van der Waals surface area contributed by atoms with Gasteiger partial charge in [-0.2, -0.15) is 11.3 Å². The third-order valence-corrected chi connectivity index (χ3v) is 4.98. The number of hydrogen-bond donors (Lipinski definition) is 1. The highest BCUT2D eigenvalue weighted by molar-refractivity contribution is 7.07. The molecule has 4 rings (SSSR count). The van der Waals surface area contributed by atoms with E-state index in [1.165, 1.54) is 5.56 Å². The Morgan fingerprint density at radius 2 is 2.26 bits per heavy atom. The molecule has 1 amide bonds. The summed E-state index contributed by atoms with van der Waals surface area (Å²) in [5.41, 5.74) is 2.10. The molecule has 0 bridgehead atoms. The Morgan fingerprint density at radius 1 is 1.35 bits per heavy atom. The van der Waals surface area contributed by atoms with Gasteiger partial charge in [-0.3, -0.25) is 9.69 Å². The monoisotopic (exact) mass is 326 g/mol. The van der Waals surface area contributed by atoms with E-state index in [0.29, 0.717) is 5.76 Å². The lowest BCUT2D eigenvalue weighted by Gasteiger charge is -2.15. The van der Waals surface area contributed by atoms with Gasteiger partial charge in [0.1, 0.15) is 5.58 Å². The maximum absolute atomic E-state index is 12.4. The summed E-state index contributed by atoms with van der Waals surface area (Å²) in [7, 11) is 0. The first-order valence-electron chi connectivity index (χ1n) is 7.81. The van der Waals surface area contributed by atoms with Crippen molar-refractivity contribution in [2.75, 3.05) is 13.1 Å². The normalized spacial score (nSPS) is 18.5. The number of carbonyl (C=O) groups is 1. The molecule has 1 saturated heterocycles. The molecule has 0 aliphatic carbocycles. The predicted octanol–water partition coefficient (Wildman–Crippen LogP) is 3.50. The van der Waals surface area contributed by atoms with E-state index in [0.717, 1.165) is 37.0 Å². The van der Waals surface area contributed by atoms with Gasteiger partial charge in [-0.15, -0.1) is 0 Å². The van der Waals surface area contributed by atoms with E-state index < -0.39 is 0 Å². The second-order valence-corrected chi connectivity index (χ2v) is 6.75. The van der Waals surface area contributed by atoms with E-state index in [-0.39, 0.29) is 11.9 Å². The zero-order valence-corrected chi connectivity index (χ0v) is 13.5. The van der Waals surface area contributed by atoms with E-state index in [1.807, 2.05) is 30.3 Å². The summed E-state index contributed by atoms with van der Waals surface area (Å²) in [5, 5.41) is 8.34. The molecular weight excluding hydrogens is 308 g/mol. The number of nitrogens with zero attached hydrogens (tertiary/aromatic N) is 1. The Kier molecular flexibility index (Phi) is 3.89. The van der Waals surface area contributed by atoms with Gasteiger partial charge in [-0.25, -0.2) is 0 Å². The third-order valence-electron chi connectivity index (χ3n) is 4.24. The van der Waals surface area contributed by atoms with Crippen LogP contribution in [0, 0.1) is 0 Å². The van der Waals surface area contributed by atoms with Crippen LogP contribution < -0.4 is 5.32 Å². The van der Waals surface area contributed by atoms with Crippen LogP contribution in [0.3, 0.4) is 0 Å². The van der Waals surface area contributed by atoms with Gasteiger partial charge >= 0.3 is 0 Å². The molecular formula is C18H18N2O2S. The molecule has 23 heavy (non-hydrogen) atoms. The fourth-order valence-electron chi connectivity index (χ4n) is 3.09. The zero-order chi connectivity index (χ0) is 15.6. The number of furan rings is 1. The zero-order valence-electron chi connectivity index (χ0n) is 12.7. The minimum atomic E-state index is -0.122. The van der Waals surface area contributed by atoms with Crippen LogP contribution in [-0.4, -0.2) is 29.9 Å². The van der Waals surface area contributed by atoms with Gasteiger partial charge in [0.05, 0.1) is 0 Å². The fraction of sp³-hybridized carbons (Fsp3) is 0.278. The first-order valence-corrected chi connectivity index (χ1v) is 8.75. The molecule has 1 aliphatic heterocycles. The molecule has 0 spiro atoms. The Labute approximate surface area is 138 Å². The van der Waals surface area contributed by atoms with Crippen molar-refractivity contribution in [3.05, 3.63) is 58.5 Å². The molecule has 1 N–H and O–H groups in total. The number of para-hydroxylation sites is 1. The van der Waals surface area contributed by atoms with Crippen molar-refractivity contribution in [2.24, 2.45) is 0 Å². The van der Waals surface area contributed by atoms with E-state index in [4.69, 9.17) is 4.42 Å². The van der Waals surface area contributed by atoms with Gasteiger partial charge in [0.15, 0.2) is 5.76 Å². The fourth-order valence-corrected chi connectivity index (χ4v) is 3.75. The molecule has 1 atom stereocenters. The molecule has 5 heteroatoms. The van der Waals surface area contributed by atoms with Crippen LogP contribution in [0.25, 0.3) is 11.0 Å². The van der Waals surface area contributed by atoms with Crippen molar-refractivity contribution in [3.8, 4) is 0 Å². The first-order chi connectivity index (χ1) is 11.3. The maximum atomic E-state index is 12.4. The number of nitrogens with one attached hydrogen (secondary N) is 1. The highest BCUT2D eigenvalue weighted by Crippen LogP contribution is 2.20. The number of carbonyl (C=O) groups excluding carboxylic acids is 1. The van der Waals surface area contributed by atoms with Crippen LogP contribution in [0.4, 0.5) is 0 Å². The van der Waals surface area contributed by atoms with Gasteiger partial charge in [-0.05, 0) is 40.9 Å². The first kappa shape index (κ1) is 14.5. The van der Waals surface area contributed by atoms with Crippen LogP contribution in [0.2, 0.25) is 0 Å². The second kappa shape index (κ2) is 6.18. The number of fused-ring (bicyclic) bond motifs is 1. The molecule has 1 unspecified atom stereocenters. The van der Waals surface area contributed by atoms with Crippen LogP contribution >= 0.6 is 11.3 Å². The Morgan fingerprint density at radius 3 is 3.09 bits per heavy atom. The van der Waals surface area contributed by atoms with Crippen LogP contribution in [0.1, 0.15) is 22.5 Å². The smallest absolute Gasteiger partial charge is 0.287 e. The molecule has 0 saturated carbocycles. The van der Waals surface area contributed by atoms with Crippen molar-refractivity contribution in [2.45, 2.75) is 19.0 Å². The van der Waals surface area contributed by atoms with Crippen LogP contribution in [0.5, 0.6) is 0 Å². The molecule has 118 valence electrons. The van der Waals surface area contributed by atoms with Crippen molar-refractivity contribution < 1.29 is 9.21 Å². The van der Waals surface area contributed by atoms with Crippen molar-refractivity contribution >= 4 is 28.2 Å². The van der Waals surface area contributed by atoms with Gasteiger partial charge in [0.2, 0.25) is 0 Å². The lowest BCUT2D eigenvalue weighted by Crippen LogP contribution is -2.36. The number of hydrogen-bond acceptors (Lipinski definition) is 4. The van der Waals surface area contributed by atoms with Gasteiger partial charge in [-0.1, -0.05) is 18.2 Å². The van der Waals surface area contributed by atoms with Gasteiger partial charge in [0.25, 0.3) is 5.91 Å². The minimum absolute atomic E-state index is 0.122. The molecule has 1 aliphatic rings. The Hall–Kier alpha value is -2.11. The summed E-state index contributed by atoms with van der Waals surface area (Å²) in [6.07, 6.45) is 0.982. The largest absolute Gasteiger partial charge is 0.451 e. The third kappa shape index (κ3) is 3.16. The number of amides is 1. The summed E-state index contributed by atoms with van der Waals surface area (Å²) in [4.78, 5) is 14.8. The Balaban J connectivity index is 1.37. The molecule has 0 radical (unpaired) electrons. The highest BCUT2D eigenvalue weighted by atomic mass is 32.1. The Bertz CT molecular complexity index is 776. The molecule has 2 aromatic heterocycles. The van der Waals surface area contributed by atoms with Gasteiger partial charge in [0, 0.05) is 31.1 Å². The minimum Gasteiger partial charge on any atom is -0.451 e. The quantitative estimate of drug-likeness (QED) is 0.798. The second-order valence-electron chi connectivity index (χ2n) is 5.97. The van der Waals surface area contributed by atoms with E-state index in [1.54, 1.807) is 11.3 Å². The molecule has 1 fully saturated rings. The van der Waals surface area contributed by atoms with Crippen LogP contribution in [0.15, 0.2) is 51.6 Å². The predicted molar refractivity (Wildman–Crippen MR) is 91.7 cm³/mol. The lowest BCUT2D eigenvalue weighted by molar-refractivity contribution is 0.0912. The molecule has 1 aromatic carbocycles. The number of likely N-dealkylation sites (tertiary alicyclic amines) is 1. The number of thiophene rings is 1. The summed E-state index contributed by atoms with van der Waals surface area (Å²) in [6, 6.07) is 11.8. The van der Waals surface area contributed by atoms with Crippen molar-refractivity contribution in [1.82, 2.24) is 10.2 Å². The summed E-state index contributed by atoms with van der Waals surface area (Å²) in [6.45, 7) is 2.86. The summed E-state index contributed by atoms with van der Waals surface area (Å²) < 4.78 is 5.63. The summed E-state index contributed by atoms with van der Waals surface area (Å²) in [5.74, 6) is 0.270. The SMILES string of the molecule is O=C(NC1CCN(Cc2ccsc2)C1)c1cc2ccccc2o1. The standard InChI is InChI=1S/C18H18N2O2S/c21-18(17-9-14-3-1-2-4-16(14)22-17)19-15-5-7-20(11-15)10-13-6-8-23-12-13/h1-4,6,8-9,12,15H,5,7,10-11H2,(H,19,21). The van der Waals surface area contributed by atoms with E-state index >= 15 is 0 Å². The molecule has 4 nitrogen and oxygen atoms in total. The lowest BCUT2D eigenvalue weighted by atomic mass is 10.2. The van der Waals surface area contributed by atoms with E-state index in [9.17, 15) is 4.79 Å². The van der Waals surface area contributed by atoms with Crippen molar-refractivity contribution in [1.29, 1.82) is 0 Å². The molecule has 3 aromatic rings. The highest BCUT2D eigenvalue weighted by Gasteiger charge is 2.25. The van der Waals surface area contributed by atoms with Crippen LogP contribution in [-0.2, 0) is 6.54 Å². The summed E-state index contributed by atoms with van der Waals surface area (Å²) >= 11 is 1.72. The van der Waals surface area contributed by atoms with E-state index in [2.05, 4.69) is 27.0 Å². The average molecular weight is 326 g/mol.